The predicted octanol–water partition coefficient (Wildman–Crippen LogP) is 3.75. The zero-order valence-electron chi connectivity index (χ0n) is 10.1. The van der Waals surface area contributed by atoms with Gasteiger partial charge in [0, 0.05) is 0 Å². The van der Waals surface area contributed by atoms with E-state index in [9.17, 15) is 0 Å². The Labute approximate surface area is 102 Å². The SMILES string of the molecule is Cc1ccc(N/N=C\c2cccc(C)c2)cc1. The van der Waals surface area contributed by atoms with Crippen LogP contribution in [-0.2, 0) is 0 Å². The molecule has 17 heavy (non-hydrogen) atoms. The molecule has 0 spiro atoms. The van der Waals surface area contributed by atoms with Gasteiger partial charge >= 0.3 is 0 Å². The number of nitrogens with one attached hydrogen (secondary N) is 1. The molecular formula is C15H16N2. The van der Waals surface area contributed by atoms with E-state index in [2.05, 4.69) is 48.6 Å². The van der Waals surface area contributed by atoms with Crippen molar-refractivity contribution in [2.75, 3.05) is 5.43 Å². The number of hydrazone groups is 1. The number of benzene rings is 2. The van der Waals surface area contributed by atoms with Crippen molar-refractivity contribution in [2.45, 2.75) is 13.8 Å². The van der Waals surface area contributed by atoms with Gasteiger partial charge < -0.3 is 0 Å². The second-order valence-electron chi connectivity index (χ2n) is 4.15. The topological polar surface area (TPSA) is 24.4 Å². The molecule has 0 heterocycles. The third-order valence-electron chi connectivity index (χ3n) is 2.50. The second-order valence-corrected chi connectivity index (χ2v) is 4.15. The van der Waals surface area contributed by atoms with Crippen molar-refractivity contribution in [1.82, 2.24) is 0 Å². The van der Waals surface area contributed by atoms with Crippen LogP contribution in [0.25, 0.3) is 0 Å². The Morgan fingerprint density at radius 2 is 1.71 bits per heavy atom. The summed E-state index contributed by atoms with van der Waals surface area (Å²) in [6, 6.07) is 16.4. The minimum absolute atomic E-state index is 1.000. The third kappa shape index (κ3) is 3.45. The van der Waals surface area contributed by atoms with Crippen LogP contribution in [0.4, 0.5) is 5.69 Å². The molecule has 86 valence electrons. The molecule has 1 N–H and O–H groups in total. The van der Waals surface area contributed by atoms with Crippen LogP contribution < -0.4 is 5.43 Å². The molecule has 0 bridgehead atoms. The highest BCUT2D eigenvalue weighted by Gasteiger charge is 1.89. The lowest BCUT2D eigenvalue weighted by Crippen LogP contribution is -1.90. The first-order chi connectivity index (χ1) is 8.24. The van der Waals surface area contributed by atoms with Crippen molar-refractivity contribution in [3.8, 4) is 0 Å². The van der Waals surface area contributed by atoms with Crippen LogP contribution in [0.15, 0.2) is 53.6 Å². The highest BCUT2D eigenvalue weighted by atomic mass is 15.3. The van der Waals surface area contributed by atoms with Crippen LogP contribution in [0.2, 0.25) is 0 Å². The Bertz CT molecular complexity index is 513. The van der Waals surface area contributed by atoms with Crippen LogP contribution in [0, 0.1) is 13.8 Å². The van der Waals surface area contributed by atoms with Gasteiger partial charge in [-0.15, -0.1) is 0 Å². The van der Waals surface area contributed by atoms with E-state index in [1.54, 1.807) is 0 Å². The van der Waals surface area contributed by atoms with Crippen LogP contribution in [0.3, 0.4) is 0 Å². The summed E-state index contributed by atoms with van der Waals surface area (Å²) in [7, 11) is 0. The van der Waals surface area contributed by atoms with Gasteiger partial charge in [0.2, 0.25) is 0 Å². The lowest BCUT2D eigenvalue weighted by atomic mass is 10.2. The molecule has 2 nitrogen and oxygen atoms in total. The molecule has 0 saturated heterocycles. The van der Waals surface area contributed by atoms with E-state index in [0.29, 0.717) is 0 Å². The molecule has 0 aromatic heterocycles. The molecular weight excluding hydrogens is 208 g/mol. The minimum Gasteiger partial charge on any atom is -0.279 e. The largest absolute Gasteiger partial charge is 0.279 e. The fraction of sp³-hybridized carbons (Fsp3) is 0.133. The summed E-state index contributed by atoms with van der Waals surface area (Å²) < 4.78 is 0. The summed E-state index contributed by atoms with van der Waals surface area (Å²) >= 11 is 0. The molecule has 0 aliphatic rings. The highest BCUT2D eigenvalue weighted by Crippen LogP contribution is 2.08. The molecule has 2 aromatic rings. The lowest BCUT2D eigenvalue weighted by Gasteiger charge is -2.00. The average Bonchev–Trinajstić information content (AvgIpc) is 2.32. The second kappa shape index (κ2) is 5.30. The van der Waals surface area contributed by atoms with Gasteiger partial charge in [0.1, 0.15) is 0 Å². The van der Waals surface area contributed by atoms with Crippen molar-refractivity contribution in [2.24, 2.45) is 5.10 Å². The van der Waals surface area contributed by atoms with Crippen molar-refractivity contribution >= 4 is 11.9 Å². The van der Waals surface area contributed by atoms with Crippen LogP contribution in [0.5, 0.6) is 0 Å². The Hall–Kier alpha value is -2.09. The summed E-state index contributed by atoms with van der Waals surface area (Å²) in [6.45, 7) is 4.14. The van der Waals surface area contributed by atoms with Gasteiger partial charge in [-0.25, -0.2) is 0 Å². The summed E-state index contributed by atoms with van der Waals surface area (Å²) in [5.41, 5.74) is 7.60. The minimum atomic E-state index is 1.000. The van der Waals surface area contributed by atoms with Gasteiger partial charge in [-0.1, -0.05) is 47.5 Å². The number of anilines is 1. The van der Waals surface area contributed by atoms with Crippen LogP contribution in [-0.4, -0.2) is 6.21 Å². The Kier molecular flexibility index (Phi) is 3.55. The Morgan fingerprint density at radius 3 is 2.41 bits per heavy atom. The van der Waals surface area contributed by atoms with E-state index in [0.717, 1.165) is 11.3 Å². The van der Waals surface area contributed by atoms with Gasteiger partial charge in [0.05, 0.1) is 11.9 Å². The van der Waals surface area contributed by atoms with Crippen LogP contribution >= 0.6 is 0 Å². The molecule has 0 saturated carbocycles. The van der Waals surface area contributed by atoms with E-state index in [-0.39, 0.29) is 0 Å². The Morgan fingerprint density at radius 1 is 0.941 bits per heavy atom. The molecule has 2 heteroatoms. The number of hydrogen-bond acceptors (Lipinski definition) is 2. The van der Waals surface area contributed by atoms with E-state index in [1.165, 1.54) is 11.1 Å². The molecule has 0 unspecified atom stereocenters. The number of rotatable bonds is 3. The Balaban J connectivity index is 2.00. The van der Waals surface area contributed by atoms with E-state index in [1.807, 2.05) is 30.5 Å². The van der Waals surface area contributed by atoms with Crippen molar-refractivity contribution < 1.29 is 0 Å². The quantitative estimate of drug-likeness (QED) is 0.623. The highest BCUT2D eigenvalue weighted by molar-refractivity contribution is 5.80. The number of nitrogens with zero attached hydrogens (tertiary/aromatic N) is 1. The number of hydrogen-bond donors (Lipinski definition) is 1. The first kappa shape index (κ1) is 11.4. The van der Waals surface area contributed by atoms with Crippen molar-refractivity contribution in [3.05, 3.63) is 65.2 Å². The maximum Gasteiger partial charge on any atom is 0.0561 e. The molecule has 0 amide bonds. The third-order valence-corrected chi connectivity index (χ3v) is 2.50. The van der Waals surface area contributed by atoms with Gasteiger partial charge in [0.25, 0.3) is 0 Å². The molecule has 0 atom stereocenters. The fourth-order valence-corrected chi connectivity index (χ4v) is 1.56. The van der Waals surface area contributed by atoms with Crippen LogP contribution in [0.1, 0.15) is 16.7 Å². The molecule has 0 aliphatic carbocycles. The fourth-order valence-electron chi connectivity index (χ4n) is 1.56. The van der Waals surface area contributed by atoms with Gasteiger partial charge in [-0.05, 0) is 31.5 Å². The molecule has 0 aliphatic heterocycles. The monoisotopic (exact) mass is 224 g/mol. The summed E-state index contributed by atoms with van der Waals surface area (Å²) in [5.74, 6) is 0. The van der Waals surface area contributed by atoms with E-state index >= 15 is 0 Å². The average molecular weight is 224 g/mol. The molecule has 2 aromatic carbocycles. The van der Waals surface area contributed by atoms with Crippen molar-refractivity contribution in [1.29, 1.82) is 0 Å². The molecule has 0 radical (unpaired) electrons. The van der Waals surface area contributed by atoms with E-state index < -0.39 is 0 Å². The van der Waals surface area contributed by atoms with Crippen molar-refractivity contribution in [3.63, 3.8) is 0 Å². The number of aryl methyl sites for hydroxylation is 2. The lowest BCUT2D eigenvalue weighted by molar-refractivity contribution is 1.33. The maximum atomic E-state index is 4.21. The molecule has 0 fully saturated rings. The summed E-state index contributed by atoms with van der Waals surface area (Å²) in [6.07, 6.45) is 1.83. The summed E-state index contributed by atoms with van der Waals surface area (Å²) in [5, 5.41) is 4.21. The van der Waals surface area contributed by atoms with Gasteiger partial charge in [0.15, 0.2) is 0 Å². The maximum absolute atomic E-state index is 4.21. The first-order valence-electron chi connectivity index (χ1n) is 5.66. The zero-order valence-corrected chi connectivity index (χ0v) is 10.1. The zero-order chi connectivity index (χ0) is 12.1. The standard InChI is InChI=1S/C15H16N2/c1-12-6-8-15(9-7-12)17-16-11-14-5-3-4-13(2)10-14/h3-11,17H,1-2H3/b16-11-. The smallest absolute Gasteiger partial charge is 0.0561 e. The molecule has 2 rings (SSSR count). The van der Waals surface area contributed by atoms with Gasteiger partial charge in [-0.3, -0.25) is 5.43 Å². The van der Waals surface area contributed by atoms with E-state index in [4.69, 9.17) is 0 Å². The van der Waals surface area contributed by atoms with Gasteiger partial charge in [-0.2, -0.15) is 5.10 Å². The normalized spacial score (nSPS) is 10.7. The summed E-state index contributed by atoms with van der Waals surface area (Å²) in [4.78, 5) is 0. The predicted molar refractivity (Wildman–Crippen MR) is 73.6 cm³/mol. The first-order valence-corrected chi connectivity index (χ1v) is 5.66.